The van der Waals surface area contributed by atoms with Crippen LogP contribution in [0.25, 0.3) is 0 Å². The molecule has 3 N–H and O–H groups in total. The lowest BCUT2D eigenvalue weighted by Crippen LogP contribution is -2.34. The van der Waals surface area contributed by atoms with E-state index in [1.54, 1.807) is 6.92 Å². The summed E-state index contributed by atoms with van der Waals surface area (Å²) in [6, 6.07) is 0. The fraction of sp³-hybridized carbons (Fsp3) is 0.800. The molecular weight excluding hydrogens is 196 g/mol. The summed E-state index contributed by atoms with van der Waals surface area (Å²) in [5.74, 6) is -1.44. The minimum atomic E-state index is -0.857. The van der Waals surface area contributed by atoms with Crippen LogP contribution < -0.4 is 10.6 Å². The van der Waals surface area contributed by atoms with Crippen molar-refractivity contribution in [1.29, 1.82) is 0 Å². The van der Waals surface area contributed by atoms with Crippen LogP contribution in [-0.2, 0) is 9.59 Å². The maximum Gasteiger partial charge on any atom is 0.308 e. The summed E-state index contributed by atoms with van der Waals surface area (Å²) >= 11 is 0. The molecule has 0 heterocycles. The summed E-state index contributed by atoms with van der Waals surface area (Å²) in [5, 5.41) is 14.4. The van der Waals surface area contributed by atoms with E-state index in [2.05, 4.69) is 10.6 Å². The standard InChI is InChI=1S/C10H20N2O3/c1-3-8(10(14)15)7-12-9(13)5-6-11-4-2/h8,11H,3-7H2,1-2H3,(H,12,13)(H,14,15). The first-order valence-corrected chi connectivity index (χ1v) is 5.32. The van der Waals surface area contributed by atoms with Crippen LogP contribution in [0.1, 0.15) is 26.7 Å². The third-order valence-electron chi connectivity index (χ3n) is 2.17. The lowest BCUT2D eigenvalue weighted by Gasteiger charge is -2.10. The Balaban J connectivity index is 3.64. The number of aliphatic carboxylic acids is 1. The van der Waals surface area contributed by atoms with Gasteiger partial charge in [-0.05, 0) is 13.0 Å². The van der Waals surface area contributed by atoms with Crippen LogP contribution in [0, 0.1) is 5.92 Å². The fourth-order valence-corrected chi connectivity index (χ4v) is 1.11. The second-order valence-electron chi connectivity index (χ2n) is 3.35. The predicted molar refractivity (Wildman–Crippen MR) is 57.6 cm³/mol. The Bertz CT molecular complexity index is 207. The van der Waals surface area contributed by atoms with Gasteiger partial charge in [0, 0.05) is 19.5 Å². The highest BCUT2D eigenvalue weighted by Gasteiger charge is 2.15. The summed E-state index contributed by atoms with van der Waals surface area (Å²) in [4.78, 5) is 21.9. The highest BCUT2D eigenvalue weighted by molar-refractivity contribution is 5.77. The van der Waals surface area contributed by atoms with Crippen LogP contribution in [0.15, 0.2) is 0 Å². The lowest BCUT2D eigenvalue weighted by atomic mass is 10.1. The summed E-state index contributed by atoms with van der Waals surface area (Å²) in [7, 11) is 0. The molecule has 0 aromatic heterocycles. The van der Waals surface area contributed by atoms with Gasteiger partial charge in [0.15, 0.2) is 0 Å². The Kier molecular flexibility index (Phi) is 7.62. The maximum absolute atomic E-state index is 11.2. The Morgan fingerprint density at radius 1 is 1.33 bits per heavy atom. The summed E-state index contributed by atoms with van der Waals surface area (Å²) < 4.78 is 0. The SMILES string of the molecule is CCNCCC(=O)NCC(CC)C(=O)O. The lowest BCUT2D eigenvalue weighted by molar-refractivity contribution is -0.141. The number of hydrogen-bond donors (Lipinski definition) is 3. The van der Waals surface area contributed by atoms with Crippen molar-refractivity contribution in [2.45, 2.75) is 26.7 Å². The number of amides is 1. The number of hydrogen-bond acceptors (Lipinski definition) is 3. The van der Waals surface area contributed by atoms with Gasteiger partial charge in [-0.3, -0.25) is 9.59 Å². The van der Waals surface area contributed by atoms with E-state index in [9.17, 15) is 9.59 Å². The molecule has 0 spiro atoms. The van der Waals surface area contributed by atoms with Gasteiger partial charge in [0.25, 0.3) is 0 Å². The minimum absolute atomic E-state index is 0.101. The van der Waals surface area contributed by atoms with E-state index < -0.39 is 11.9 Å². The molecule has 15 heavy (non-hydrogen) atoms. The molecule has 0 aliphatic heterocycles. The molecule has 1 amide bonds. The Morgan fingerprint density at radius 2 is 2.00 bits per heavy atom. The average molecular weight is 216 g/mol. The third kappa shape index (κ3) is 6.90. The molecule has 1 atom stereocenters. The molecule has 0 radical (unpaired) electrons. The molecule has 5 heteroatoms. The first-order valence-electron chi connectivity index (χ1n) is 5.32. The van der Waals surface area contributed by atoms with Crippen LogP contribution in [0.2, 0.25) is 0 Å². The molecule has 1 unspecified atom stereocenters. The van der Waals surface area contributed by atoms with Gasteiger partial charge < -0.3 is 15.7 Å². The predicted octanol–water partition coefficient (Wildman–Crippen LogP) is 0.213. The molecule has 0 aliphatic carbocycles. The minimum Gasteiger partial charge on any atom is -0.481 e. The Labute approximate surface area is 90.2 Å². The van der Waals surface area contributed by atoms with E-state index >= 15 is 0 Å². The van der Waals surface area contributed by atoms with Gasteiger partial charge in [-0.2, -0.15) is 0 Å². The molecule has 0 aromatic rings. The van der Waals surface area contributed by atoms with E-state index in [1.807, 2.05) is 6.92 Å². The van der Waals surface area contributed by atoms with Crippen LogP contribution in [0.3, 0.4) is 0 Å². The van der Waals surface area contributed by atoms with Gasteiger partial charge in [0.2, 0.25) is 5.91 Å². The van der Waals surface area contributed by atoms with Crippen molar-refractivity contribution in [2.24, 2.45) is 5.92 Å². The molecule has 88 valence electrons. The normalized spacial score (nSPS) is 12.1. The zero-order chi connectivity index (χ0) is 11.7. The molecular formula is C10H20N2O3. The summed E-state index contributed by atoms with van der Waals surface area (Å²) in [5.41, 5.74) is 0. The van der Waals surface area contributed by atoms with Crippen molar-refractivity contribution in [3.8, 4) is 0 Å². The zero-order valence-electron chi connectivity index (χ0n) is 9.38. The van der Waals surface area contributed by atoms with Crippen LogP contribution in [-0.4, -0.2) is 36.6 Å². The van der Waals surface area contributed by atoms with E-state index in [1.165, 1.54) is 0 Å². The van der Waals surface area contributed by atoms with Gasteiger partial charge in [-0.1, -0.05) is 13.8 Å². The van der Waals surface area contributed by atoms with E-state index in [0.29, 0.717) is 19.4 Å². The van der Waals surface area contributed by atoms with Crippen molar-refractivity contribution in [3.05, 3.63) is 0 Å². The molecule has 0 aliphatic rings. The van der Waals surface area contributed by atoms with Crippen molar-refractivity contribution < 1.29 is 14.7 Å². The number of rotatable bonds is 8. The summed E-state index contributed by atoms with van der Waals surface area (Å²) in [6.07, 6.45) is 0.923. The molecule has 0 saturated heterocycles. The van der Waals surface area contributed by atoms with Crippen LogP contribution >= 0.6 is 0 Å². The van der Waals surface area contributed by atoms with Gasteiger partial charge in [0.05, 0.1) is 5.92 Å². The second kappa shape index (κ2) is 8.23. The average Bonchev–Trinajstić information content (AvgIpc) is 2.18. The highest BCUT2D eigenvalue weighted by atomic mass is 16.4. The van der Waals surface area contributed by atoms with E-state index in [4.69, 9.17) is 5.11 Å². The van der Waals surface area contributed by atoms with Crippen LogP contribution in [0.4, 0.5) is 0 Å². The second-order valence-corrected chi connectivity index (χ2v) is 3.35. The van der Waals surface area contributed by atoms with Gasteiger partial charge in [-0.25, -0.2) is 0 Å². The largest absolute Gasteiger partial charge is 0.481 e. The molecule has 0 fully saturated rings. The van der Waals surface area contributed by atoms with Crippen molar-refractivity contribution >= 4 is 11.9 Å². The van der Waals surface area contributed by atoms with E-state index in [-0.39, 0.29) is 12.5 Å². The number of carbonyl (C=O) groups excluding carboxylic acids is 1. The topological polar surface area (TPSA) is 78.4 Å². The van der Waals surface area contributed by atoms with Crippen molar-refractivity contribution in [3.63, 3.8) is 0 Å². The zero-order valence-corrected chi connectivity index (χ0v) is 9.38. The van der Waals surface area contributed by atoms with E-state index in [0.717, 1.165) is 6.54 Å². The molecule has 0 rings (SSSR count). The number of nitrogens with one attached hydrogen (secondary N) is 2. The molecule has 5 nitrogen and oxygen atoms in total. The summed E-state index contributed by atoms with van der Waals surface area (Å²) in [6.45, 7) is 5.45. The van der Waals surface area contributed by atoms with Gasteiger partial charge in [-0.15, -0.1) is 0 Å². The smallest absolute Gasteiger partial charge is 0.308 e. The molecule has 0 bridgehead atoms. The maximum atomic E-state index is 11.2. The first kappa shape index (κ1) is 13.9. The van der Waals surface area contributed by atoms with Gasteiger partial charge >= 0.3 is 5.97 Å². The quantitative estimate of drug-likeness (QED) is 0.507. The molecule has 0 aromatic carbocycles. The Hall–Kier alpha value is -1.10. The third-order valence-corrected chi connectivity index (χ3v) is 2.17. The Morgan fingerprint density at radius 3 is 2.47 bits per heavy atom. The first-order chi connectivity index (χ1) is 7.11. The van der Waals surface area contributed by atoms with Gasteiger partial charge in [0.1, 0.15) is 0 Å². The highest BCUT2D eigenvalue weighted by Crippen LogP contribution is 2.00. The number of carboxylic acid groups (broad SMARTS) is 1. The van der Waals surface area contributed by atoms with Crippen LogP contribution in [0.5, 0.6) is 0 Å². The molecule has 0 saturated carbocycles. The number of carboxylic acids is 1. The number of carbonyl (C=O) groups is 2. The van der Waals surface area contributed by atoms with Crippen molar-refractivity contribution in [2.75, 3.05) is 19.6 Å². The fourth-order valence-electron chi connectivity index (χ4n) is 1.11. The monoisotopic (exact) mass is 216 g/mol. The van der Waals surface area contributed by atoms with Crippen molar-refractivity contribution in [1.82, 2.24) is 10.6 Å².